The first-order valence-corrected chi connectivity index (χ1v) is 9.15. The van der Waals surface area contributed by atoms with Crippen molar-refractivity contribution in [1.82, 2.24) is 9.91 Å². The molecule has 0 radical (unpaired) electrons. The van der Waals surface area contributed by atoms with Crippen LogP contribution in [-0.2, 0) is 17.4 Å². The first-order valence-electron chi connectivity index (χ1n) is 9.15. The Morgan fingerprint density at radius 1 is 1.11 bits per heavy atom. The lowest BCUT2D eigenvalue weighted by atomic mass is 9.87. The Balaban J connectivity index is 1.72. The summed E-state index contributed by atoms with van der Waals surface area (Å²) in [6.07, 6.45) is -2.02. The number of carbonyl (C=O) groups is 1. The molecule has 4 rings (SSSR count). The highest BCUT2D eigenvalue weighted by Gasteiger charge is 2.37. The number of rotatable bonds is 2. The van der Waals surface area contributed by atoms with Crippen LogP contribution in [0.5, 0.6) is 0 Å². The number of hydrazone groups is 1. The zero-order valence-corrected chi connectivity index (χ0v) is 15.4. The predicted molar refractivity (Wildman–Crippen MR) is 99.8 cm³/mol. The van der Waals surface area contributed by atoms with Gasteiger partial charge in [0, 0.05) is 19.8 Å². The van der Waals surface area contributed by atoms with E-state index < -0.39 is 17.8 Å². The molecule has 28 heavy (non-hydrogen) atoms. The minimum Gasteiger partial charge on any atom is -0.331 e. The number of hydrogen-bond donors (Lipinski definition) is 0. The van der Waals surface area contributed by atoms with Crippen molar-refractivity contribution in [2.24, 2.45) is 11.0 Å². The van der Waals surface area contributed by atoms with E-state index in [1.54, 1.807) is 16.1 Å². The third-order valence-electron chi connectivity index (χ3n) is 5.34. The molecule has 0 fully saturated rings. The van der Waals surface area contributed by atoms with Gasteiger partial charge in [-0.1, -0.05) is 36.4 Å². The molecule has 2 aliphatic heterocycles. The molecule has 0 spiro atoms. The number of carbonyl (C=O) groups excluding carboxylic acids is 1. The van der Waals surface area contributed by atoms with Crippen LogP contribution in [-0.4, -0.2) is 42.2 Å². The van der Waals surface area contributed by atoms with Gasteiger partial charge < -0.3 is 4.90 Å². The molecule has 2 aliphatic rings. The summed E-state index contributed by atoms with van der Waals surface area (Å²) >= 11 is 0. The molecule has 0 N–H and O–H groups in total. The van der Waals surface area contributed by atoms with Crippen LogP contribution in [0.25, 0.3) is 0 Å². The van der Waals surface area contributed by atoms with Crippen molar-refractivity contribution in [3.05, 3.63) is 70.8 Å². The number of alkyl halides is 3. The van der Waals surface area contributed by atoms with E-state index in [9.17, 15) is 18.0 Å². The van der Waals surface area contributed by atoms with E-state index in [1.165, 1.54) is 12.1 Å². The fourth-order valence-electron chi connectivity index (χ4n) is 3.95. The molecule has 2 atom stereocenters. The van der Waals surface area contributed by atoms with E-state index in [2.05, 4.69) is 5.10 Å². The van der Waals surface area contributed by atoms with E-state index >= 15 is 0 Å². The molecule has 0 aliphatic carbocycles. The monoisotopic (exact) mass is 387 g/mol. The van der Waals surface area contributed by atoms with Crippen LogP contribution < -0.4 is 0 Å². The SMILES string of the molecule is CN1CC(C(=O)N2CCc3ccccc3[C@H]2c2ccc(C(F)(F)F)cc2)C=N1. The lowest BCUT2D eigenvalue weighted by Gasteiger charge is -2.39. The predicted octanol–water partition coefficient (Wildman–Crippen LogP) is 3.73. The Morgan fingerprint density at radius 2 is 1.82 bits per heavy atom. The van der Waals surface area contributed by atoms with Crippen molar-refractivity contribution in [2.75, 3.05) is 20.1 Å². The molecule has 0 bridgehead atoms. The van der Waals surface area contributed by atoms with Gasteiger partial charge >= 0.3 is 6.18 Å². The zero-order valence-electron chi connectivity index (χ0n) is 15.4. The second kappa shape index (κ2) is 6.96. The lowest BCUT2D eigenvalue weighted by Crippen LogP contribution is -2.44. The number of nitrogens with zero attached hydrogens (tertiary/aromatic N) is 3. The Morgan fingerprint density at radius 3 is 2.46 bits per heavy atom. The summed E-state index contributed by atoms with van der Waals surface area (Å²) in [5, 5.41) is 5.87. The topological polar surface area (TPSA) is 35.9 Å². The van der Waals surface area contributed by atoms with Gasteiger partial charge in [0.15, 0.2) is 0 Å². The molecule has 2 aromatic carbocycles. The third-order valence-corrected chi connectivity index (χ3v) is 5.34. The molecular weight excluding hydrogens is 367 g/mol. The molecule has 7 heteroatoms. The van der Waals surface area contributed by atoms with Crippen LogP contribution >= 0.6 is 0 Å². The van der Waals surface area contributed by atoms with Gasteiger partial charge in [-0.05, 0) is 35.2 Å². The third kappa shape index (κ3) is 3.37. The molecule has 2 heterocycles. The first kappa shape index (κ1) is 18.5. The lowest BCUT2D eigenvalue weighted by molar-refractivity contribution is -0.138. The highest BCUT2D eigenvalue weighted by molar-refractivity contribution is 5.95. The maximum atomic E-state index is 13.2. The number of amides is 1. The van der Waals surface area contributed by atoms with E-state index in [0.717, 1.165) is 29.7 Å². The van der Waals surface area contributed by atoms with Crippen molar-refractivity contribution < 1.29 is 18.0 Å². The van der Waals surface area contributed by atoms with Gasteiger partial charge in [0.1, 0.15) is 0 Å². The van der Waals surface area contributed by atoms with Crippen molar-refractivity contribution in [1.29, 1.82) is 0 Å². The minimum atomic E-state index is -4.39. The van der Waals surface area contributed by atoms with Gasteiger partial charge in [0.25, 0.3) is 0 Å². The maximum absolute atomic E-state index is 13.2. The summed E-state index contributed by atoms with van der Waals surface area (Å²) in [5.41, 5.74) is 2.07. The van der Waals surface area contributed by atoms with Gasteiger partial charge in [-0.2, -0.15) is 18.3 Å². The van der Waals surface area contributed by atoms with Gasteiger partial charge in [-0.3, -0.25) is 9.80 Å². The molecule has 4 nitrogen and oxygen atoms in total. The summed E-state index contributed by atoms with van der Waals surface area (Å²) in [5.74, 6) is -0.389. The van der Waals surface area contributed by atoms with Crippen molar-refractivity contribution in [3.8, 4) is 0 Å². The summed E-state index contributed by atoms with van der Waals surface area (Å²) in [6, 6.07) is 12.5. The van der Waals surface area contributed by atoms with Crippen LogP contribution in [0, 0.1) is 5.92 Å². The quantitative estimate of drug-likeness (QED) is 0.787. The average molecular weight is 387 g/mol. The average Bonchev–Trinajstić information content (AvgIpc) is 3.12. The summed E-state index contributed by atoms with van der Waals surface area (Å²) in [6.45, 7) is 1.03. The summed E-state index contributed by atoms with van der Waals surface area (Å²) in [4.78, 5) is 15.0. The highest BCUT2D eigenvalue weighted by Crippen LogP contribution is 2.37. The Hall–Kier alpha value is -2.83. The minimum absolute atomic E-state index is 0.0486. The first-order chi connectivity index (χ1) is 13.3. The fraction of sp³-hybridized carbons (Fsp3) is 0.333. The number of halogens is 3. The molecule has 0 aromatic heterocycles. The van der Waals surface area contributed by atoms with E-state index in [1.807, 2.05) is 31.3 Å². The van der Waals surface area contributed by atoms with Crippen LogP contribution in [0.1, 0.15) is 28.3 Å². The molecular formula is C21H20F3N3O. The van der Waals surface area contributed by atoms with E-state index in [-0.39, 0.29) is 11.8 Å². The summed E-state index contributed by atoms with van der Waals surface area (Å²) < 4.78 is 38.9. The van der Waals surface area contributed by atoms with Gasteiger partial charge in [-0.25, -0.2) is 0 Å². The van der Waals surface area contributed by atoms with Crippen molar-refractivity contribution in [2.45, 2.75) is 18.6 Å². The van der Waals surface area contributed by atoms with Crippen LogP contribution in [0.2, 0.25) is 0 Å². The second-order valence-electron chi connectivity index (χ2n) is 7.21. The number of hydrogen-bond acceptors (Lipinski definition) is 3. The normalized spacial score (nSPS) is 21.7. The van der Waals surface area contributed by atoms with Crippen molar-refractivity contribution in [3.63, 3.8) is 0 Å². The zero-order chi connectivity index (χ0) is 19.9. The van der Waals surface area contributed by atoms with Gasteiger partial charge in [-0.15, -0.1) is 0 Å². The fourth-order valence-corrected chi connectivity index (χ4v) is 3.95. The largest absolute Gasteiger partial charge is 0.416 e. The maximum Gasteiger partial charge on any atom is 0.416 e. The number of fused-ring (bicyclic) bond motifs is 1. The Kier molecular flexibility index (Phi) is 4.61. The molecule has 0 saturated heterocycles. The highest BCUT2D eigenvalue weighted by atomic mass is 19.4. The number of benzene rings is 2. The van der Waals surface area contributed by atoms with Crippen LogP contribution in [0.4, 0.5) is 13.2 Å². The Bertz CT molecular complexity index is 908. The molecule has 2 aromatic rings. The molecule has 1 unspecified atom stereocenters. The molecule has 0 saturated carbocycles. The van der Waals surface area contributed by atoms with Gasteiger partial charge in [0.05, 0.1) is 24.1 Å². The smallest absolute Gasteiger partial charge is 0.331 e. The van der Waals surface area contributed by atoms with Crippen LogP contribution in [0.3, 0.4) is 0 Å². The van der Waals surface area contributed by atoms with E-state index in [4.69, 9.17) is 0 Å². The Labute approximate surface area is 161 Å². The van der Waals surface area contributed by atoms with Crippen molar-refractivity contribution >= 4 is 12.1 Å². The molecule has 146 valence electrons. The van der Waals surface area contributed by atoms with Gasteiger partial charge in [0.2, 0.25) is 5.91 Å². The standard InChI is InChI=1S/C21H20F3N3O/c1-26-13-16(12-25-26)20(28)27-11-10-14-4-2-3-5-18(14)19(27)15-6-8-17(9-7-15)21(22,23)24/h2-9,12,16,19H,10-11,13H2,1H3/t16?,19-/m1/s1. The summed E-state index contributed by atoms with van der Waals surface area (Å²) in [7, 11) is 1.81. The van der Waals surface area contributed by atoms with E-state index in [0.29, 0.717) is 18.7 Å². The second-order valence-corrected chi connectivity index (χ2v) is 7.21. The molecule has 1 amide bonds. The van der Waals surface area contributed by atoms with Crippen LogP contribution in [0.15, 0.2) is 53.6 Å².